The third kappa shape index (κ3) is 4.51. The summed E-state index contributed by atoms with van der Waals surface area (Å²) in [6.45, 7) is 2.33. The van der Waals surface area contributed by atoms with Gasteiger partial charge in [-0.3, -0.25) is 0 Å². The van der Waals surface area contributed by atoms with Crippen LogP contribution in [-0.2, 0) is 16.4 Å². The summed E-state index contributed by atoms with van der Waals surface area (Å²) < 4.78 is 22.0. The maximum atomic E-state index is 11.0. The maximum absolute atomic E-state index is 11.0. The Hall–Kier alpha value is -0.590. The number of rotatable bonds is 5. The lowest BCUT2D eigenvalue weighted by atomic mass is 10.2. The molecule has 1 aromatic heterocycles. The third-order valence-corrected chi connectivity index (χ3v) is 4.23. The SMILES string of the molecule is Cc1ccc(CN)c(SCCS(C)(=O)=O)n1. The molecule has 0 aliphatic heterocycles. The van der Waals surface area contributed by atoms with Crippen LogP contribution in [0.15, 0.2) is 17.2 Å². The first-order valence-corrected chi connectivity index (χ1v) is 7.94. The molecule has 16 heavy (non-hydrogen) atoms. The molecule has 4 nitrogen and oxygen atoms in total. The average Bonchev–Trinajstić information content (AvgIpc) is 2.16. The molecule has 0 spiro atoms. The van der Waals surface area contributed by atoms with E-state index >= 15 is 0 Å². The molecule has 1 heterocycles. The molecule has 0 aliphatic carbocycles. The topological polar surface area (TPSA) is 73.1 Å². The summed E-state index contributed by atoms with van der Waals surface area (Å²) in [6, 6.07) is 3.84. The zero-order valence-corrected chi connectivity index (χ0v) is 11.1. The van der Waals surface area contributed by atoms with Crippen molar-refractivity contribution in [3.05, 3.63) is 23.4 Å². The number of hydrogen-bond acceptors (Lipinski definition) is 5. The smallest absolute Gasteiger partial charge is 0.148 e. The van der Waals surface area contributed by atoms with Crippen LogP contribution >= 0.6 is 11.8 Å². The standard InChI is InChI=1S/C10H16N2O2S2/c1-8-3-4-9(7-11)10(12-8)15-5-6-16(2,13)14/h3-4H,5-7,11H2,1-2H3. The molecule has 0 saturated carbocycles. The van der Waals surface area contributed by atoms with E-state index in [1.54, 1.807) is 0 Å². The predicted molar refractivity (Wildman–Crippen MR) is 67.3 cm³/mol. The number of nitrogens with zero attached hydrogens (tertiary/aromatic N) is 1. The van der Waals surface area contributed by atoms with Crippen LogP contribution in [0.1, 0.15) is 11.3 Å². The van der Waals surface area contributed by atoms with Crippen molar-refractivity contribution in [2.45, 2.75) is 18.5 Å². The molecule has 2 N–H and O–H groups in total. The van der Waals surface area contributed by atoms with Crippen molar-refractivity contribution in [2.75, 3.05) is 17.8 Å². The van der Waals surface area contributed by atoms with Crippen LogP contribution in [0, 0.1) is 6.92 Å². The van der Waals surface area contributed by atoms with Crippen LogP contribution in [0.2, 0.25) is 0 Å². The second kappa shape index (κ2) is 5.65. The van der Waals surface area contributed by atoms with E-state index in [0.717, 1.165) is 16.3 Å². The third-order valence-electron chi connectivity index (χ3n) is 1.99. The number of pyridine rings is 1. The lowest BCUT2D eigenvalue weighted by Gasteiger charge is -2.06. The molecule has 0 aromatic carbocycles. The van der Waals surface area contributed by atoms with Gasteiger partial charge in [-0.15, -0.1) is 11.8 Å². The average molecular weight is 260 g/mol. The Morgan fingerprint density at radius 3 is 2.69 bits per heavy atom. The van der Waals surface area contributed by atoms with Gasteiger partial charge in [-0.1, -0.05) is 6.07 Å². The molecule has 0 fully saturated rings. The Bertz CT molecular complexity index is 458. The Labute approximate surface area is 101 Å². The van der Waals surface area contributed by atoms with Gasteiger partial charge in [-0.2, -0.15) is 0 Å². The highest BCUT2D eigenvalue weighted by atomic mass is 32.2. The van der Waals surface area contributed by atoms with E-state index in [0.29, 0.717) is 12.3 Å². The van der Waals surface area contributed by atoms with Crippen molar-refractivity contribution in [3.8, 4) is 0 Å². The van der Waals surface area contributed by atoms with Gasteiger partial charge in [0.2, 0.25) is 0 Å². The van der Waals surface area contributed by atoms with Gasteiger partial charge in [0.15, 0.2) is 0 Å². The fraction of sp³-hybridized carbons (Fsp3) is 0.500. The van der Waals surface area contributed by atoms with E-state index in [9.17, 15) is 8.42 Å². The normalized spacial score (nSPS) is 11.7. The minimum absolute atomic E-state index is 0.164. The summed E-state index contributed by atoms with van der Waals surface area (Å²) >= 11 is 1.44. The molecule has 1 aromatic rings. The highest BCUT2D eigenvalue weighted by Crippen LogP contribution is 2.20. The molecule has 0 saturated heterocycles. The quantitative estimate of drug-likeness (QED) is 0.799. The van der Waals surface area contributed by atoms with Crippen LogP contribution in [0.4, 0.5) is 0 Å². The number of hydrogen-bond donors (Lipinski definition) is 1. The predicted octanol–water partition coefficient (Wildman–Crippen LogP) is 0.985. The summed E-state index contributed by atoms with van der Waals surface area (Å²) in [5.41, 5.74) is 7.46. The lowest BCUT2D eigenvalue weighted by molar-refractivity contribution is 0.603. The van der Waals surface area contributed by atoms with E-state index < -0.39 is 9.84 Å². The summed E-state index contributed by atoms with van der Waals surface area (Å²) in [5, 5.41) is 0.839. The first kappa shape index (κ1) is 13.5. The van der Waals surface area contributed by atoms with Gasteiger partial charge in [0, 0.05) is 24.2 Å². The molecule has 0 atom stereocenters. The zero-order chi connectivity index (χ0) is 12.2. The highest BCUT2D eigenvalue weighted by Gasteiger charge is 2.07. The van der Waals surface area contributed by atoms with E-state index in [2.05, 4.69) is 4.98 Å². The van der Waals surface area contributed by atoms with Gasteiger partial charge in [-0.05, 0) is 18.6 Å². The first-order chi connectivity index (χ1) is 7.42. The molecular weight excluding hydrogens is 244 g/mol. The van der Waals surface area contributed by atoms with Crippen LogP contribution in [0.3, 0.4) is 0 Å². The summed E-state index contributed by atoms with van der Waals surface area (Å²) in [6.07, 6.45) is 1.24. The lowest BCUT2D eigenvalue weighted by Crippen LogP contribution is -2.06. The molecule has 0 aliphatic rings. The van der Waals surface area contributed by atoms with Crippen LogP contribution < -0.4 is 5.73 Å². The molecule has 6 heteroatoms. The van der Waals surface area contributed by atoms with Crippen molar-refractivity contribution in [1.29, 1.82) is 0 Å². The van der Waals surface area contributed by atoms with Gasteiger partial charge in [-0.25, -0.2) is 13.4 Å². The number of aryl methyl sites for hydroxylation is 1. The summed E-state index contributed by atoms with van der Waals surface area (Å²) in [7, 11) is -2.90. The zero-order valence-electron chi connectivity index (χ0n) is 9.43. The summed E-state index contributed by atoms with van der Waals surface area (Å²) in [4.78, 5) is 4.35. The molecule has 0 radical (unpaired) electrons. The molecule has 0 amide bonds. The van der Waals surface area contributed by atoms with Crippen molar-refractivity contribution < 1.29 is 8.42 Å². The number of sulfone groups is 1. The van der Waals surface area contributed by atoms with Crippen molar-refractivity contribution >= 4 is 21.6 Å². The molecule has 1 rings (SSSR count). The molecular formula is C10H16N2O2S2. The molecule has 0 unspecified atom stereocenters. The second-order valence-electron chi connectivity index (χ2n) is 3.60. The van der Waals surface area contributed by atoms with E-state index in [-0.39, 0.29) is 5.75 Å². The number of nitrogens with two attached hydrogens (primary N) is 1. The number of aromatic nitrogens is 1. The maximum Gasteiger partial charge on any atom is 0.148 e. The Balaban J connectivity index is 2.69. The van der Waals surface area contributed by atoms with E-state index in [1.807, 2.05) is 19.1 Å². The summed E-state index contributed by atoms with van der Waals surface area (Å²) in [5.74, 6) is 0.680. The Morgan fingerprint density at radius 1 is 1.44 bits per heavy atom. The van der Waals surface area contributed by atoms with Crippen LogP contribution in [0.5, 0.6) is 0 Å². The van der Waals surface area contributed by atoms with Gasteiger partial charge >= 0.3 is 0 Å². The van der Waals surface area contributed by atoms with Crippen molar-refractivity contribution in [3.63, 3.8) is 0 Å². The number of thioether (sulfide) groups is 1. The van der Waals surface area contributed by atoms with Crippen LogP contribution in [0.25, 0.3) is 0 Å². The molecule has 90 valence electrons. The van der Waals surface area contributed by atoms with Gasteiger partial charge < -0.3 is 5.73 Å². The Kier molecular flexibility index (Phi) is 4.76. The Morgan fingerprint density at radius 2 is 2.12 bits per heavy atom. The van der Waals surface area contributed by atoms with Crippen molar-refractivity contribution in [1.82, 2.24) is 4.98 Å². The highest BCUT2D eigenvalue weighted by molar-refractivity contribution is 8.00. The molecule has 0 bridgehead atoms. The second-order valence-corrected chi connectivity index (χ2v) is 6.94. The minimum Gasteiger partial charge on any atom is -0.326 e. The van der Waals surface area contributed by atoms with E-state index in [4.69, 9.17) is 5.73 Å². The fourth-order valence-electron chi connectivity index (χ4n) is 1.13. The van der Waals surface area contributed by atoms with Gasteiger partial charge in [0.25, 0.3) is 0 Å². The largest absolute Gasteiger partial charge is 0.326 e. The van der Waals surface area contributed by atoms with Gasteiger partial charge in [0.1, 0.15) is 14.9 Å². The first-order valence-electron chi connectivity index (χ1n) is 4.89. The van der Waals surface area contributed by atoms with Gasteiger partial charge in [0.05, 0.1) is 5.75 Å². The van der Waals surface area contributed by atoms with Crippen molar-refractivity contribution in [2.24, 2.45) is 5.73 Å². The van der Waals surface area contributed by atoms with E-state index in [1.165, 1.54) is 18.0 Å². The minimum atomic E-state index is -2.90. The fourth-order valence-corrected chi connectivity index (χ4v) is 3.41. The monoisotopic (exact) mass is 260 g/mol. The van der Waals surface area contributed by atoms with Crippen LogP contribution in [-0.4, -0.2) is 31.2 Å².